The van der Waals surface area contributed by atoms with Crippen molar-refractivity contribution < 1.29 is 19.8 Å². The summed E-state index contributed by atoms with van der Waals surface area (Å²) in [6.45, 7) is 0. The summed E-state index contributed by atoms with van der Waals surface area (Å²) in [6, 6.07) is 6.16. The first-order valence-electron chi connectivity index (χ1n) is 4.09. The van der Waals surface area contributed by atoms with E-state index >= 15 is 0 Å². The molecule has 1 rings (SSSR count). The molecule has 1 aromatic rings. The van der Waals surface area contributed by atoms with Gasteiger partial charge in [-0.25, -0.2) is 4.79 Å². The van der Waals surface area contributed by atoms with E-state index in [1.165, 1.54) is 12.1 Å². The topological polar surface area (TPSA) is 86.6 Å². The van der Waals surface area contributed by atoms with E-state index in [-0.39, 0.29) is 11.4 Å². The van der Waals surface area contributed by atoms with Crippen molar-refractivity contribution in [2.24, 2.45) is 0 Å². The number of benzene rings is 1. The van der Waals surface area contributed by atoms with Gasteiger partial charge >= 0.3 is 5.97 Å². The Morgan fingerprint density at radius 3 is 2.47 bits per heavy atom. The molecule has 0 aliphatic carbocycles. The number of aromatic hydroxyl groups is 1. The van der Waals surface area contributed by atoms with Crippen LogP contribution in [0.2, 0.25) is 0 Å². The number of aliphatic carboxylic acids is 1. The number of phenolic OH excluding ortho intramolecular Hbond substituents is 1. The molecule has 0 aliphatic rings. The molecule has 1 aromatic carbocycles. The first-order chi connectivity index (χ1) is 7.09. The maximum atomic E-state index is 11.1. The molecular weight excluding hydrogens is 198 g/mol. The largest absolute Gasteiger partial charge is 0.506 e. The van der Waals surface area contributed by atoms with Crippen molar-refractivity contribution >= 4 is 17.6 Å². The molecule has 5 nitrogen and oxygen atoms in total. The molecule has 0 atom stereocenters. The second-order valence-electron chi connectivity index (χ2n) is 2.68. The first kappa shape index (κ1) is 10.8. The van der Waals surface area contributed by atoms with Crippen LogP contribution in [0.5, 0.6) is 5.75 Å². The van der Waals surface area contributed by atoms with Gasteiger partial charge in [-0.1, -0.05) is 12.1 Å². The maximum absolute atomic E-state index is 11.1. The molecule has 0 aliphatic heterocycles. The number of carbonyl (C=O) groups excluding carboxylic acids is 1. The molecule has 0 saturated heterocycles. The van der Waals surface area contributed by atoms with Gasteiger partial charge in [0, 0.05) is 12.2 Å². The second kappa shape index (κ2) is 4.80. The lowest BCUT2D eigenvalue weighted by Gasteiger charge is -2.03. The number of phenols is 1. The van der Waals surface area contributed by atoms with E-state index < -0.39 is 11.9 Å². The minimum atomic E-state index is -1.21. The summed E-state index contributed by atoms with van der Waals surface area (Å²) < 4.78 is 0. The summed E-state index contributed by atoms with van der Waals surface area (Å²) in [4.78, 5) is 21.2. The Morgan fingerprint density at radius 2 is 1.87 bits per heavy atom. The number of para-hydroxylation sites is 2. The number of carbonyl (C=O) groups is 2. The number of anilines is 1. The van der Waals surface area contributed by atoms with E-state index in [4.69, 9.17) is 5.11 Å². The molecule has 78 valence electrons. The monoisotopic (exact) mass is 207 g/mol. The van der Waals surface area contributed by atoms with Gasteiger partial charge in [0.25, 0.3) is 0 Å². The van der Waals surface area contributed by atoms with E-state index in [0.29, 0.717) is 0 Å². The molecule has 0 aromatic heterocycles. The SMILES string of the molecule is O=C(O)/C=C/C(=O)Nc1ccccc1O. The zero-order chi connectivity index (χ0) is 11.3. The third-order valence-electron chi connectivity index (χ3n) is 1.54. The number of nitrogens with one attached hydrogen (secondary N) is 1. The predicted molar refractivity (Wildman–Crippen MR) is 53.5 cm³/mol. The van der Waals surface area contributed by atoms with Crippen LogP contribution in [0.1, 0.15) is 0 Å². The summed E-state index contributed by atoms with van der Waals surface area (Å²) in [5.41, 5.74) is 0.234. The van der Waals surface area contributed by atoms with Gasteiger partial charge in [-0.05, 0) is 12.1 Å². The Balaban J connectivity index is 2.67. The smallest absolute Gasteiger partial charge is 0.328 e. The van der Waals surface area contributed by atoms with Crippen molar-refractivity contribution in [3.05, 3.63) is 36.4 Å². The minimum absolute atomic E-state index is 0.0745. The van der Waals surface area contributed by atoms with Crippen LogP contribution in [0.3, 0.4) is 0 Å². The quantitative estimate of drug-likeness (QED) is 0.509. The van der Waals surface area contributed by atoms with Crippen LogP contribution in [0, 0.1) is 0 Å². The van der Waals surface area contributed by atoms with Crippen LogP contribution in [0.4, 0.5) is 5.69 Å². The number of hydrogen-bond donors (Lipinski definition) is 3. The maximum Gasteiger partial charge on any atom is 0.328 e. The highest BCUT2D eigenvalue weighted by Gasteiger charge is 2.02. The Morgan fingerprint density at radius 1 is 1.20 bits per heavy atom. The van der Waals surface area contributed by atoms with Crippen molar-refractivity contribution in [1.82, 2.24) is 0 Å². The Labute approximate surface area is 85.7 Å². The Hall–Kier alpha value is -2.30. The predicted octanol–water partition coefficient (Wildman–Crippen LogP) is 0.971. The highest BCUT2D eigenvalue weighted by Crippen LogP contribution is 2.21. The van der Waals surface area contributed by atoms with Crippen LogP contribution < -0.4 is 5.32 Å². The van der Waals surface area contributed by atoms with Gasteiger partial charge in [0.1, 0.15) is 5.75 Å². The van der Waals surface area contributed by atoms with Gasteiger partial charge in [0.05, 0.1) is 5.69 Å². The Kier molecular flexibility index (Phi) is 3.45. The van der Waals surface area contributed by atoms with Gasteiger partial charge in [0.15, 0.2) is 0 Å². The lowest BCUT2D eigenvalue weighted by atomic mass is 10.3. The molecule has 0 unspecified atom stereocenters. The van der Waals surface area contributed by atoms with Crippen LogP contribution >= 0.6 is 0 Å². The average molecular weight is 207 g/mol. The zero-order valence-electron chi connectivity index (χ0n) is 7.68. The van der Waals surface area contributed by atoms with Gasteiger partial charge in [-0.3, -0.25) is 4.79 Å². The van der Waals surface area contributed by atoms with Crippen molar-refractivity contribution in [2.45, 2.75) is 0 Å². The molecule has 3 N–H and O–H groups in total. The summed E-state index contributed by atoms with van der Waals surface area (Å²) in [5.74, 6) is -1.89. The fourth-order valence-corrected chi connectivity index (χ4v) is 0.901. The molecule has 0 bridgehead atoms. The van der Waals surface area contributed by atoms with E-state index in [0.717, 1.165) is 12.2 Å². The van der Waals surface area contributed by atoms with E-state index in [1.807, 2.05) is 0 Å². The molecule has 0 fully saturated rings. The number of rotatable bonds is 3. The van der Waals surface area contributed by atoms with Crippen LogP contribution in [0.15, 0.2) is 36.4 Å². The van der Waals surface area contributed by atoms with Gasteiger partial charge in [-0.15, -0.1) is 0 Å². The van der Waals surface area contributed by atoms with Gasteiger partial charge < -0.3 is 15.5 Å². The lowest BCUT2D eigenvalue weighted by Crippen LogP contribution is -2.08. The molecule has 0 radical (unpaired) electrons. The van der Waals surface area contributed by atoms with Crippen LogP contribution in [0.25, 0.3) is 0 Å². The number of carboxylic acids is 1. The lowest BCUT2D eigenvalue weighted by molar-refractivity contribution is -0.131. The van der Waals surface area contributed by atoms with Gasteiger partial charge in [0.2, 0.25) is 5.91 Å². The molecular formula is C10H9NO4. The third kappa shape index (κ3) is 3.51. The summed E-state index contributed by atoms with van der Waals surface area (Å²) >= 11 is 0. The number of carboxylic acid groups (broad SMARTS) is 1. The highest BCUT2D eigenvalue weighted by atomic mass is 16.4. The molecule has 0 saturated carbocycles. The van der Waals surface area contributed by atoms with Crippen molar-refractivity contribution in [3.8, 4) is 5.75 Å². The molecule has 1 amide bonds. The zero-order valence-corrected chi connectivity index (χ0v) is 7.68. The number of hydrogen-bond acceptors (Lipinski definition) is 3. The fraction of sp³-hybridized carbons (Fsp3) is 0. The second-order valence-corrected chi connectivity index (χ2v) is 2.68. The molecule has 0 heterocycles. The van der Waals surface area contributed by atoms with E-state index in [1.54, 1.807) is 12.1 Å². The molecule has 5 heteroatoms. The third-order valence-corrected chi connectivity index (χ3v) is 1.54. The van der Waals surface area contributed by atoms with Crippen molar-refractivity contribution in [3.63, 3.8) is 0 Å². The van der Waals surface area contributed by atoms with E-state index in [9.17, 15) is 14.7 Å². The van der Waals surface area contributed by atoms with Crippen molar-refractivity contribution in [2.75, 3.05) is 5.32 Å². The summed E-state index contributed by atoms with van der Waals surface area (Å²) in [6.07, 6.45) is 1.59. The summed E-state index contributed by atoms with van der Waals surface area (Å²) in [7, 11) is 0. The van der Waals surface area contributed by atoms with Gasteiger partial charge in [-0.2, -0.15) is 0 Å². The molecule has 0 spiro atoms. The highest BCUT2D eigenvalue weighted by molar-refractivity contribution is 6.02. The Bertz CT molecular complexity index is 412. The molecule has 15 heavy (non-hydrogen) atoms. The summed E-state index contributed by atoms with van der Waals surface area (Å²) in [5, 5.41) is 19.9. The van der Waals surface area contributed by atoms with Crippen LogP contribution in [-0.2, 0) is 9.59 Å². The average Bonchev–Trinajstić information content (AvgIpc) is 2.18. The normalized spacial score (nSPS) is 10.1. The number of amides is 1. The first-order valence-corrected chi connectivity index (χ1v) is 4.09. The standard InChI is InChI=1S/C10H9NO4/c12-8-4-2-1-3-7(8)11-9(13)5-6-10(14)15/h1-6,12H,(H,11,13)(H,14,15)/b6-5+. The van der Waals surface area contributed by atoms with Crippen molar-refractivity contribution in [1.29, 1.82) is 0 Å². The van der Waals surface area contributed by atoms with Crippen LogP contribution in [-0.4, -0.2) is 22.1 Å². The van der Waals surface area contributed by atoms with E-state index in [2.05, 4.69) is 5.32 Å². The minimum Gasteiger partial charge on any atom is -0.506 e. The fourth-order valence-electron chi connectivity index (χ4n) is 0.901.